The van der Waals surface area contributed by atoms with E-state index in [0.717, 1.165) is 0 Å². The fourth-order valence-corrected chi connectivity index (χ4v) is 2.58. The maximum Gasteiger partial charge on any atom is 0.277 e. The van der Waals surface area contributed by atoms with E-state index in [1.807, 2.05) is 6.92 Å². The fraction of sp³-hybridized carbons (Fsp3) is 0.286. The Kier molecular flexibility index (Phi) is 4.46. The highest BCUT2D eigenvalue weighted by molar-refractivity contribution is 7.09. The van der Waals surface area contributed by atoms with Crippen LogP contribution in [0.4, 0.5) is 10.1 Å². The highest BCUT2D eigenvalue weighted by Crippen LogP contribution is 2.22. The Morgan fingerprint density at radius 3 is 2.75 bits per heavy atom. The number of carbonyl (C=O) groups excluding carboxylic acids is 1. The smallest absolute Gasteiger partial charge is 0.277 e. The summed E-state index contributed by atoms with van der Waals surface area (Å²) in [5, 5.41) is 2.35. The van der Waals surface area contributed by atoms with Gasteiger partial charge in [0.2, 0.25) is 0 Å². The lowest BCUT2D eigenvalue weighted by atomic mass is 10.2. The molecule has 1 aromatic carbocycles. The number of hydrogen-bond donors (Lipinski definition) is 1. The second kappa shape index (κ2) is 6.11. The van der Waals surface area contributed by atoms with Crippen molar-refractivity contribution in [2.45, 2.75) is 19.9 Å². The molecule has 1 aromatic heterocycles. The molecule has 0 radical (unpaired) electrons. The summed E-state index contributed by atoms with van der Waals surface area (Å²) in [6, 6.07) is 5.98. The summed E-state index contributed by atoms with van der Waals surface area (Å²) in [4.78, 5) is 18.0. The summed E-state index contributed by atoms with van der Waals surface area (Å²) in [6.45, 7) is 3.97. The lowest BCUT2D eigenvalue weighted by molar-refractivity contribution is 0.0983. The average Bonchev–Trinajstić information content (AvgIpc) is 2.91. The van der Waals surface area contributed by atoms with Gasteiger partial charge in [-0.1, -0.05) is 12.1 Å². The summed E-state index contributed by atoms with van der Waals surface area (Å²) in [6.07, 6.45) is 0. The first-order chi connectivity index (χ1) is 9.54. The zero-order valence-electron chi connectivity index (χ0n) is 11.3. The van der Waals surface area contributed by atoms with Crippen molar-refractivity contribution >= 4 is 22.9 Å². The van der Waals surface area contributed by atoms with Crippen LogP contribution in [0.3, 0.4) is 0 Å². The van der Waals surface area contributed by atoms with Crippen molar-refractivity contribution in [2.24, 2.45) is 5.73 Å². The number of anilines is 1. The summed E-state index contributed by atoms with van der Waals surface area (Å²) < 4.78 is 13.8. The number of thiazole rings is 1. The van der Waals surface area contributed by atoms with Crippen LogP contribution in [0.15, 0.2) is 29.6 Å². The Labute approximate surface area is 121 Å². The van der Waals surface area contributed by atoms with Crippen molar-refractivity contribution in [3.63, 3.8) is 0 Å². The number of benzene rings is 1. The van der Waals surface area contributed by atoms with E-state index in [1.165, 1.54) is 22.3 Å². The van der Waals surface area contributed by atoms with Gasteiger partial charge in [-0.15, -0.1) is 11.3 Å². The molecule has 2 rings (SSSR count). The molecule has 1 atom stereocenters. The third-order valence-electron chi connectivity index (χ3n) is 2.84. The lowest BCUT2D eigenvalue weighted by Crippen LogP contribution is -2.31. The number of amides is 1. The SMILES string of the molecule is CCN(C(=O)c1csc(C(C)N)n1)c1ccccc1F. The first-order valence-corrected chi connectivity index (χ1v) is 7.20. The van der Waals surface area contributed by atoms with E-state index in [2.05, 4.69) is 4.98 Å². The van der Waals surface area contributed by atoms with E-state index in [1.54, 1.807) is 30.5 Å². The number of carbonyl (C=O) groups is 1. The minimum absolute atomic E-state index is 0.218. The van der Waals surface area contributed by atoms with Crippen LogP contribution in [0.25, 0.3) is 0 Å². The van der Waals surface area contributed by atoms with Gasteiger partial charge in [-0.25, -0.2) is 9.37 Å². The molecule has 0 saturated heterocycles. The maximum absolute atomic E-state index is 13.8. The van der Waals surface area contributed by atoms with Crippen LogP contribution in [-0.4, -0.2) is 17.4 Å². The molecule has 0 bridgehead atoms. The van der Waals surface area contributed by atoms with Crippen LogP contribution >= 0.6 is 11.3 Å². The van der Waals surface area contributed by atoms with E-state index in [-0.39, 0.29) is 17.6 Å². The van der Waals surface area contributed by atoms with Crippen LogP contribution in [0, 0.1) is 5.82 Å². The van der Waals surface area contributed by atoms with E-state index >= 15 is 0 Å². The summed E-state index contributed by atoms with van der Waals surface area (Å²) in [5.41, 5.74) is 6.29. The van der Waals surface area contributed by atoms with E-state index in [4.69, 9.17) is 5.73 Å². The molecule has 0 fully saturated rings. The number of hydrogen-bond acceptors (Lipinski definition) is 4. The molecule has 1 unspecified atom stereocenters. The second-order valence-corrected chi connectivity index (χ2v) is 5.25. The molecule has 0 saturated carbocycles. The largest absolute Gasteiger partial charge is 0.322 e. The Morgan fingerprint density at radius 2 is 2.20 bits per heavy atom. The van der Waals surface area contributed by atoms with Gasteiger partial charge in [0.1, 0.15) is 16.5 Å². The average molecular weight is 293 g/mol. The van der Waals surface area contributed by atoms with Gasteiger partial charge in [0.25, 0.3) is 5.91 Å². The van der Waals surface area contributed by atoms with Gasteiger partial charge in [-0.05, 0) is 26.0 Å². The molecule has 20 heavy (non-hydrogen) atoms. The zero-order valence-corrected chi connectivity index (χ0v) is 12.2. The Balaban J connectivity index is 2.32. The van der Waals surface area contributed by atoms with Crippen LogP contribution < -0.4 is 10.6 Å². The number of nitrogens with zero attached hydrogens (tertiary/aromatic N) is 2. The summed E-state index contributed by atoms with van der Waals surface area (Å²) in [7, 11) is 0. The van der Waals surface area contributed by atoms with Crippen LogP contribution in [-0.2, 0) is 0 Å². The molecule has 0 aliphatic heterocycles. The molecular weight excluding hydrogens is 277 g/mol. The van der Waals surface area contributed by atoms with Crippen LogP contribution in [0.2, 0.25) is 0 Å². The monoisotopic (exact) mass is 293 g/mol. The molecule has 0 aliphatic carbocycles. The standard InChI is InChI=1S/C14H16FN3OS/c1-3-18(12-7-5-4-6-10(12)15)14(19)11-8-20-13(17-11)9(2)16/h4-9H,3,16H2,1-2H3. The molecule has 2 N–H and O–H groups in total. The Morgan fingerprint density at radius 1 is 1.50 bits per heavy atom. The zero-order chi connectivity index (χ0) is 14.7. The number of halogens is 1. The van der Waals surface area contributed by atoms with Gasteiger partial charge in [-0.3, -0.25) is 4.79 Å². The van der Waals surface area contributed by atoms with Crippen molar-refractivity contribution in [3.05, 3.63) is 46.2 Å². The molecular formula is C14H16FN3OS. The van der Waals surface area contributed by atoms with Crippen molar-refractivity contribution in [1.82, 2.24) is 4.98 Å². The number of para-hydroxylation sites is 1. The third kappa shape index (κ3) is 2.86. The summed E-state index contributed by atoms with van der Waals surface area (Å²) >= 11 is 1.34. The Bertz CT molecular complexity index is 612. The fourth-order valence-electron chi connectivity index (χ4n) is 1.83. The first kappa shape index (κ1) is 14.6. The molecule has 2 aromatic rings. The van der Waals surface area contributed by atoms with E-state index < -0.39 is 5.82 Å². The normalized spacial score (nSPS) is 12.2. The Hall–Kier alpha value is -1.79. The number of nitrogens with two attached hydrogens (primary N) is 1. The minimum atomic E-state index is -0.426. The second-order valence-electron chi connectivity index (χ2n) is 4.36. The highest BCUT2D eigenvalue weighted by Gasteiger charge is 2.21. The van der Waals surface area contributed by atoms with Gasteiger partial charge < -0.3 is 10.6 Å². The predicted octanol–water partition coefficient (Wildman–Crippen LogP) is 2.97. The minimum Gasteiger partial charge on any atom is -0.322 e. The molecule has 1 heterocycles. The first-order valence-electron chi connectivity index (χ1n) is 6.32. The van der Waals surface area contributed by atoms with Crippen LogP contribution in [0.1, 0.15) is 35.4 Å². The number of aromatic nitrogens is 1. The van der Waals surface area contributed by atoms with Crippen molar-refractivity contribution in [3.8, 4) is 0 Å². The molecule has 1 amide bonds. The van der Waals surface area contributed by atoms with Crippen molar-refractivity contribution < 1.29 is 9.18 Å². The molecule has 106 valence electrons. The molecule has 4 nitrogen and oxygen atoms in total. The van der Waals surface area contributed by atoms with Gasteiger partial charge in [0.05, 0.1) is 11.7 Å². The van der Waals surface area contributed by atoms with E-state index in [9.17, 15) is 9.18 Å². The van der Waals surface area contributed by atoms with Gasteiger partial charge in [0.15, 0.2) is 0 Å². The highest BCUT2D eigenvalue weighted by atomic mass is 32.1. The quantitative estimate of drug-likeness (QED) is 0.942. The molecule has 0 spiro atoms. The summed E-state index contributed by atoms with van der Waals surface area (Å²) in [5.74, 6) is -0.744. The van der Waals surface area contributed by atoms with Gasteiger partial charge >= 0.3 is 0 Å². The predicted molar refractivity (Wildman–Crippen MR) is 78.5 cm³/mol. The number of rotatable bonds is 4. The molecule has 6 heteroatoms. The third-order valence-corrected chi connectivity index (χ3v) is 3.88. The topological polar surface area (TPSA) is 59.2 Å². The van der Waals surface area contributed by atoms with Crippen molar-refractivity contribution in [1.29, 1.82) is 0 Å². The molecule has 0 aliphatic rings. The maximum atomic E-state index is 13.8. The van der Waals surface area contributed by atoms with Gasteiger partial charge in [-0.2, -0.15) is 0 Å². The van der Waals surface area contributed by atoms with Crippen LogP contribution in [0.5, 0.6) is 0 Å². The van der Waals surface area contributed by atoms with E-state index in [0.29, 0.717) is 17.2 Å². The van der Waals surface area contributed by atoms with Gasteiger partial charge in [0, 0.05) is 11.9 Å². The lowest BCUT2D eigenvalue weighted by Gasteiger charge is -2.20. The van der Waals surface area contributed by atoms with Crippen molar-refractivity contribution in [2.75, 3.05) is 11.4 Å².